The number of hydrogen-bond donors (Lipinski definition) is 0. The fourth-order valence-corrected chi connectivity index (χ4v) is 2.47. The molecular weight excluding hydrogens is 309 g/mol. The van der Waals surface area contributed by atoms with Gasteiger partial charge in [-0.3, -0.25) is 4.79 Å². The van der Waals surface area contributed by atoms with Crippen LogP contribution in [0.15, 0.2) is 53.4 Å². The predicted octanol–water partition coefficient (Wildman–Crippen LogP) is 5.24. The van der Waals surface area contributed by atoms with Gasteiger partial charge in [0.15, 0.2) is 5.78 Å². The molecule has 22 heavy (non-hydrogen) atoms. The minimum atomic E-state index is -4.43. The second-order valence-electron chi connectivity index (χ2n) is 4.85. The summed E-state index contributed by atoms with van der Waals surface area (Å²) in [5.41, 5.74) is 0.316. The van der Waals surface area contributed by atoms with Crippen molar-refractivity contribution in [1.29, 1.82) is 0 Å². The summed E-state index contributed by atoms with van der Waals surface area (Å²) in [7, 11) is 0. The van der Waals surface area contributed by atoms with Gasteiger partial charge in [0.05, 0.1) is 5.56 Å². The van der Waals surface area contributed by atoms with Gasteiger partial charge in [-0.2, -0.15) is 13.2 Å². The molecule has 0 fully saturated rings. The van der Waals surface area contributed by atoms with E-state index in [1.165, 1.54) is 12.1 Å². The fraction of sp³-hybridized carbons (Fsp3) is 0.235. The maximum atomic E-state index is 12.6. The number of carbonyl (C=O) groups is 1. The van der Waals surface area contributed by atoms with Crippen LogP contribution in [0.1, 0.15) is 27.9 Å². The SMILES string of the molecule is CSc1ccc(CCC(=O)c2cccc(C(F)(F)F)c2)cc1. The minimum Gasteiger partial charge on any atom is -0.294 e. The number of benzene rings is 2. The van der Waals surface area contributed by atoms with E-state index in [-0.39, 0.29) is 17.8 Å². The van der Waals surface area contributed by atoms with Gasteiger partial charge in [0.25, 0.3) is 0 Å². The zero-order valence-electron chi connectivity index (χ0n) is 12.0. The van der Waals surface area contributed by atoms with Crippen molar-refractivity contribution in [3.8, 4) is 0 Å². The number of ketones is 1. The molecule has 0 spiro atoms. The highest BCUT2D eigenvalue weighted by atomic mass is 32.2. The van der Waals surface area contributed by atoms with E-state index in [9.17, 15) is 18.0 Å². The Morgan fingerprint density at radius 1 is 1.09 bits per heavy atom. The lowest BCUT2D eigenvalue weighted by molar-refractivity contribution is -0.137. The number of alkyl halides is 3. The highest BCUT2D eigenvalue weighted by Crippen LogP contribution is 2.29. The zero-order chi connectivity index (χ0) is 16.2. The number of thioether (sulfide) groups is 1. The maximum absolute atomic E-state index is 12.6. The number of Topliss-reactive ketones (excluding diaryl/α,β-unsaturated/α-hetero) is 1. The third-order valence-electron chi connectivity index (χ3n) is 3.31. The van der Waals surface area contributed by atoms with E-state index in [0.29, 0.717) is 6.42 Å². The summed E-state index contributed by atoms with van der Waals surface area (Å²) >= 11 is 1.63. The molecule has 0 heterocycles. The summed E-state index contributed by atoms with van der Waals surface area (Å²) in [5, 5.41) is 0. The second-order valence-corrected chi connectivity index (χ2v) is 5.73. The molecule has 0 aliphatic carbocycles. The molecule has 5 heteroatoms. The molecule has 0 unspecified atom stereocenters. The largest absolute Gasteiger partial charge is 0.416 e. The number of aryl methyl sites for hydroxylation is 1. The molecule has 0 saturated carbocycles. The smallest absolute Gasteiger partial charge is 0.294 e. The van der Waals surface area contributed by atoms with Crippen molar-refractivity contribution in [2.75, 3.05) is 6.26 Å². The first-order valence-electron chi connectivity index (χ1n) is 6.73. The third kappa shape index (κ3) is 4.37. The second kappa shape index (κ2) is 7.01. The Kier molecular flexibility index (Phi) is 5.29. The summed E-state index contributed by atoms with van der Waals surface area (Å²) in [6, 6.07) is 12.4. The van der Waals surface area contributed by atoms with Gasteiger partial charge in [-0.25, -0.2) is 0 Å². The molecule has 2 rings (SSSR count). The molecule has 0 atom stereocenters. The highest BCUT2D eigenvalue weighted by molar-refractivity contribution is 7.98. The third-order valence-corrected chi connectivity index (χ3v) is 4.06. The van der Waals surface area contributed by atoms with Gasteiger partial charge < -0.3 is 0 Å². The topological polar surface area (TPSA) is 17.1 Å². The molecule has 0 amide bonds. The number of rotatable bonds is 5. The molecule has 0 saturated heterocycles. The van der Waals surface area contributed by atoms with Crippen molar-refractivity contribution < 1.29 is 18.0 Å². The predicted molar refractivity (Wildman–Crippen MR) is 82.3 cm³/mol. The van der Waals surface area contributed by atoms with Crippen LogP contribution in [0.25, 0.3) is 0 Å². The summed E-state index contributed by atoms with van der Waals surface area (Å²) in [5.74, 6) is -0.278. The Morgan fingerprint density at radius 2 is 1.77 bits per heavy atom. The van der Waals surface area contributed by atoms with Crippen LogP contribution in [0.2, 0.25) is 0 Å². The number of halogens is 3. The Labute approximate surface area is 131 Å². The van der Waals surface area contributed by atoms with Crippen molar-refractivity contribution in [2.24, 2.45) is 0 Å². The van der Waals surface area contributed by atoms with Crippen molar-refractivity contribution in [3.05, 3.63) is 65.2 Å². The van der Waals surface area contributed by atoms with Crippen LogP contribution >= 0.6 is 11.8 Å². The van der Waals surface area contributed by atoms with Crippen molar-refractivity contribution >= 4 is 17.5 Å². The lowest BCUT2D eigenvalue weighted by Crippen LogP contribution is -2.08. The summed E-state index contributed by atoms with van der Waals surface area (Å²) in [6.45, 7) is 0. The molecule has 2 aromatic carbocycles. The van der Waals surface area contributed by atoms with Crippen LogP contribution in [0, 0.1) is 0 Å². The van der Waals surface area contributed by atoms with Crippen LogP contribution in [-0.4, -0.2) is 12.0 Å². The van der Waals surface area contributed by atoms with Crippen LogP contribution in [0.3, 0.4) is 0 Å². The van der Waals surface area contributed by atoms with Crippen LogP contribution in [0.5, 0.6) is 0 Å². The maximum Gasteiger partial charge on any atom is 0.416 e. The number of hydrogen-bond acceptors (Lipinski definition) is 2. The minimum absolute atomic E-state index is 0.107. The number of carbonyl (C=O) groups excluding carboxylic acids is 1. The quantitative estimate of drug-likeness (QED) is 0.552. The molecule has 2 aromatic rings. The van der Waals surface area contributed by atoms with Crippen LogP contribution in [-0.2, 0) is 12.6 Å². The van der Waals surface area contributed by atoms with Gasteiger partial charge in [0.1, 0.15) is 0 Å². The van der Waals surface area contributed by atoms with E-state index in [1.807, 2.05) is 30.5 Å². The monoisotopic (exact) mass is 324 g/mol. The molecule has 116 valence electrons. The van der Waals surface area contributed by atoms with Crippen molar-refractivity contribution in [1.82, 2.24) is 0 Å². The summed E-state index contributed by atoms with van der Waals surface area (Å²) in [6.07, 6.45) is -1.74. The molecule has 0 radical (unpaired) electrons. The molecule has 0 bridgehead atoms. The molecule has 0 aromatic heterocycles. The average Bonchev–Trinajstić information content (AvgIpc) is 2.52. The van der Waals surface area contributed by atoms with Gasteiger partial charge in [-0.15, -0.1) is 11.8 Å². The first kappa shape index (κ1) is 16.6. The molecule has 0 aliphatic rings. The molecule has 1 nitrogen and oxygen atoms in total. The van der Waals surface area contributed by atoms with Gasteiger partial charge in [0.2, 0.25) is 0 Å². The van der Waals surface area contributed by atoms with Gasteiger partial charge in [-0.1, -0.05) is 24.3 Å². The van der Waals surface area contributed by atoms with E-state index in [2.05, 4.69) is 0 Å². The average molecular weight is 324 g/mol. The lowest BCUT2D eigenvalue weighted by atomic mass is 10.0. The summed E-state index contributed by atoms with van der Waals surface area (Å²) in [4.78, 5) is 13.2. The van der Waals surface area contributed by atoms with Crippen molar-refractivity contribution in [2.45, 2.75) is 23.9 Å². The Morgan fingerprint density at radius 3 is 2.36 bits per heavy atom. The van der Waals surface area contributed by atoms with E-state index in [1.54, 1.807) is 11.8 Å². The summed E-state index contributed by atoms with van der Waals surface area (Å²) < 4.78 is 37.9. The van der Waals surface area contributed by atoms with Gasteiger partial charge in [0, 0.05) is 16.9 Å². The van der Waals surface area contributed by atoms with Crippen LogP contribution < -0.4 is 0 Å². The molecule has 0 N–H and O–H groups in total. The van der Waals surface area contributed by atoms with Gasteiger partial charge in [-0.05, 0) is 42.5 Å². The van der Waals surface area contributed by atoms with E-state index < -0.39 is 11.7 Å². The molecular formula is C17H15F3OS. The van der Waals surface area contributed by atoms with Crippen LogP contribution in [0.4, 0.5) is 13.2 Å². The fourth-order valence-electron chi connectivity index (χ4n) is 2.06. The normalized spacial score (nSPS) is 11.5. The van der Waals surface area contributed by atoms with Crippen molar-refractivity contribution in [3.63, 3.8) is 0 Å². The van der Waals surface area contributed by atoms with E-state index in [0.717, 1.165) is 22.6 Å². The Hall–Kier alpha value is -1.75. The van der Waals surface area contributed by atoms with Gasteiger partial charge >= 0.3 is 6.18 Å². The lowest BCUT2D eigenvalue weighted by Gasteiger charge is -2.08. The first-order chi connectivity index (χ1) is 10.4. The highest BCUT2D eigenvalue weighted by Gasteiger charge is 2.30. The first-order valence-corrected chi connectivity index (χ1v) is 7.96. The van der Waals surface area contributed by atoms with E-state index >= 15 is 0 Å². The Balaban J connectivity index is 2.03. The van der Waals surface area contributed by atoms with E-state index in [4.69, 9.17) is 0 Å². The zero-order valence-corrected chi connectivity index (χ0v) is 12.8. The molecule has 0 aliphatic heterocycles. The Bertz CT molecular complexity index is 648. The standard InChI is InChI=1S/C17H15F3OS/c1-22-15-8-5-12(6-9-15)7-10-16(21)13-3-2-4-14(11-13)17(18,19)20/h2-6,8-9,11H,7,10H2,1H3.